The minimum atomic E-state index is -2.58. The van der Waals surface area contributed by atoms with Gasteiger partial charge in [-0.25, -0.2) is 8.78 Å². The molecular formula is C9H18F2O. The summed E-state index contributed by atoms with van der Waals surface area (Å²) in [5, 5.41) is 0. The van der Waals surface area contributed by atoms with Crippen LogP contribution < -0.4 is 0 Å². The van der Waals surface area contributed by atoms with Gasteiger partial charge in [-0.05, 0) is 6.42 Å². The summed E-state index contributed by atoms with van der Waals surface area (Å²) in [6.45, 7) is 7.18. The van der Waals surface area contributed by atoms with E-state index in [0.717, 1.165) is 6.92 Å². The van der Waals surface area contributed by atoms with Gasteiger partial charge in [-0.1, -0.05) is 20.8 Å². The normalized spacial score (nSPS) is 20.5. The lowest BCUT2D eigenvalue weighted by Gasteiger charge is -2.44. The average molecular weight is 180 g/mol. The van der Waals surface area contributed by atoms with Crippen LogP contribution >= 0.6 is 0 Å². The molecule has 0 bridgehead atoms. The molecular weight excluding hydrogens is 162 g/mol. The Kier molecular flexibility index (Phi) is 4.11. The topological polar surface area (TPSA) is 9.23 Å². The van der Waals surface area contributed by atoms with E-state index in [1.54, 1.807) is 6.92 Å². The van der Waals surface area contributed by atoms with Crippen molar-refractivity contribution in [2.75, 3.05) is 13.2 Å². The van der Waals surface area contributed by atoms with Gasteiger partial charge in [0.05, 0.1) is 18.6 Å². The molecule has 0 atom stereocenters. The highest BCUT2D eigenvalue weighted by Crippen LogP contribution is 2.45. The SMILES string of the molecule is CC.CCC1(C(C)(F)F)COC1. The first-order valence-electron chi connectivity index (χ1n) is 4.47. The lowest BCUT2D eigenvalue weighted by Crippen LogP contribution is -2.53. The van der Waals surface area contributed by atoms with Crippen molar-refractivity contribution in [2.45, 2.75) is 40.0 Å². The van der Waals surface area contributed by atoms with Gasteiger partial charge in [0.15, 0.2) is 0 Å². The first kappa shape index (κ1) is 11.8. The zero-order valence-electron chi connectivity index (χ0n) is 8.29. The van der Waals surface area contributed by atoms with E-state index in [0.29, 0.717) is 6.42 Å². The first-order chi connectivity index (χ1) is 5.52. The second-order valence-electron chi connectivity index (χ2n) is 3.02. The Morgan fingerprint density at radius 3 is 1.75 bits per heavy atom. The Labute approximate surface area is 73.1 Å². The fraction of sp³-hybridized carbons (Fsp3) is 1.00. The van der Waals surface area contributed by atoms with Gasteiger partial charge < -0.3 is 4.74 Å². The van der Waals surface area contributed by atoms with Crippen molar-refractivity contribution in [1.29, 1.82) is 0 Å². The average Bonchev–Trinajstić information content (AvgIpc) is 1.87. The lowest BCUT2D eigenvalue weighted by molar-refractivity contribution is -0.236. The Balaban J connectivity index is 0.000000561. The van der Waals surface area contributed by atoms with Crippen molar-refractivity contribution < 1.29 is 13.5 Å². The van der Waals surface area contributed by atoms with Crippen LogP contribution in [0.1, 0.15) is 34.1 Å². The lowest BCUT2D eigenvalue weighted by atomic mass is 9.77. The number of halogens is 2. The molecule has 1 fully saturated rings. The van der Waals surface area contributed by atoms with Gasteiger partial charge in [0.1, 0.15) is 0 Å². The number of alkyl halides is 2. The Morgan fingerprint density at radius 2 is 1.75 bits per heavy atom. The van der Waals surface area contributed by atoms with E-state index >= 15 is 0 Å². The van der Waals surface area contributed by atoms with E-state index in [1.807, 2.05) is 13.8 Å². The quantitative estimate of drug-likeness (QED) is 0.634. The molecule has 0 aliphatic carbocycles. The smallest absolute Gasteiger partial charge is 0.255 e. The minimum Gasteiger partial charge on any atom is -0.380 e. The Morgan fingerprint density at radius 1 is 1.33 bits per heavy atom. The Bertz CT molecular complexity index is 119. The molecule has 0 saturated carbocycles. The third-order valence-electron chi connectivity index (χ3n) is 2.36. The molecule has 3 heteroatoms. The van der Waals surface area contributed by atoms with Gasteiger partial charge in [0, 0.05) is 6.92 Å². The monoisotopic (exact) mass is 180 g/mol. The second kappa shape index (κ2) is 4.17. The van der Waals surface area contributed by atoms with Crippen molar-refractivity contribution in [3.8, 4) is 0 Å². The Hall–Kier alpha value is -0.180. The third-order valence-corrected chi connectivity index (χ3v) is 2.36. The highest BCUT2D eigenvalue weighted by molar-refractivity contribution is 4.93. The summed E-state index contributed by atoms with van der Waals surface area (Å²) < 4.78 is 30.3. The van der Waals surface area contributed by atoms with E-state index in [9.17, 15) is 8.78 Å². The molecule has 0 unspecified atom stereocenters. The number of rotatable bonds is 2. The second-order valence-corrected chi connectivity index (χ2v) is 3.02. The molecule has 1 saturated heterocycles. The zero-order chi connectivity index (χ0) is 9.83. The van der Waals surface area contributed by atoms with E-state index in [-0.39, 0.29) is 13.2 Å². The number of ether oxygens (including phenoxy) is 1. The molecule has 0 aromatic heterocycles. The van der Waals surface area contributed by atoms with E-state index < -0.39 is 11.3 Å². The maximum Gasteiger partial charge on any atom is 0.255 e. The number of hydrogen-bond donors (Lipinski definition) is 0. The van der Waals surface area contributed by atoms with Crippen LogP contribution in [0.2, 0.25) is 0 Å². The fourth-order valence-electron chi connectivity index (χ4n) is 1.12. The van der Waals surface area contributed by atoms with E-state index in [1.165, 1.54) is 0 Å². The predicted molar refractivity (Wildman–Crippen MR) is 45.5 cm³/mol. The van der Waals surface area contributed by atoms with Crippen LogP contribution in [0.4, 0.5) is 8.78 Å². The van der Waals surface area contributed by atoms with Gasteiger partial charge in [-0.2, -0.15) is 0 Å². The summed E-state index contributed by atoms with van der Waals surface area (Å²) in [4.78, 5) is 0. The molecule has 74 valence electrons. The van der Waals surface area contributed by atoms with Crippen LogP contribution in [0.5, 0.6) is 0 Å². The van der Waals surface area contributed by atoms with Crippen LogP contribution in [0, 0.1) is 5.41 Å². The molecule has 0 amide bonds. The summed E-state index contributed by atoms with van der Waals surface area (Å²) in [6, 6.07) is 0. The van der Waals surface area contributed by atoms with E-state index in [4.69, 9.17) is 4.74 Å². The van der Waals surface area contributed by atoms with Crippen molar-refractivity contribution in [1.82, 2.24) is 0 Å². The van der Waals surface area contributed by atoms with Crippen molar-refractivity contribution in [3.63, 3.8) is 0 Å². The molecule has 1 heterocycles. The van der Waals surface area contributed by atoms with Crippen LogP contribution in [-0.4, -0.2) is 19.1 Å². The highest BCUT2D eigenvalue weighted by Gasteiger charge is 2.53. The van der Waals surface area contributed by atoms with Crippen molar-refractivity contribution in [3.05, 3.63) is 0 Å². The van der Waals surface area contributed by atoms with Crippen LogP contribution in [0.15, 0.2) is 0 Å². The maximum atomic E-state index is 12.7. The van der Waals surface area contributed by atoms with Gasteiger partial charge >= 0.3 is 0 Å². The molecule has 1 nitrogen and oxygen atoms in total. The van der Waals surface area contributed by atoms with Gasteiger partial charge in [-0.3, -0.25) is 0 Å². The standard InChI is InChI=1S/C7H12F2O.C2H6/c1-3-7(4-10-5-7)6(2,8)9;1-2/h3-5H2,1-2H3;1-2H3. The minimum absolute atomic E-state index is 0.215. The summed E-state index contributed by atoms with van der Waals surface area (Å²) in [5.74, 6) is -2.58. The molecule has 0 aromatic rings. The highest BCUT2D eigenvalue weighted by atomic mass is 19.3. The summed E-state index contributed by atoms with van der Waals surface area (Å²) >= 11 is 0. The van der Waals surface area contributed by atoms with Crippen molar-refractivity contribution in [2.24, 2.45) is 5.41 Å². The summed E-state index contributed by atoms with van der Waals surface area (Å²) in [6.07, 6.45) is 0.497. The van der Waals surface area contributed by atoms with Gasteiger partial charge in [-0.15, -0.1) is 0 Å². The number of hydrogen-bond acceptors (Lipinski definition) is 1. The molecule has 0 N–H and O–H groups in total. The fourth-order valence-corrected chi connectivity index (χ4v) is 1.12. The van der Waals surface area contributed by atoms with Crippen molar-refractivity contribution >= 4 is 0 Å². The third kappa shape index (κ3) is 1.94. The largest absolute Gasteiger partial charge is 0.380 e. The summed E-state index contributed by atoms with van der Waals surface area (Å²) in [5.41, 5.74) is -0.854. The molecule has 1 aliphatic heterocycles. The first-order valence-corrected chi connectivity index (χ1v) is 4.47. The van der Waals surface area contributed by atoms with E-state index in [2.05, 4.69) is 0 Å². The van der Waals surface area contributed by atoms with Crippen LogP contribution in [0.25, 0.3) is 0 Å². The predicted octanol–water partition coefficient (Wildman–Crippen LogP) is 3.09. The molecule has 1 aliphatic rings. The molecule has 0 spiro atoms. The maximum absolute atomic E-state index is 12.7. The van der Waals surface area contributed by atoms with Crippen LogP contribution in [-0.2, 0) is 4.74 Å². The molecule has 0 aromatic carbocycles. The molecule has 12 heavy (non-hydrogen) atoms. The van der Waals surface area contributed by atoms with Crippen LogP contribution in [0.3, 0.4) is 0 Å². The van der Waals surface area contributed by atoms with Gasteiger partial charge in [0.25, 0.3) is 5.92 Å². The molecule has 1 rings (SSSR count). The summed E-state index contributed by atoms with van der Waals surface area (Å²) in [7, 11) is 0. The zero-order valence-corrected chi connectivity index (χ0v) is 8.29. The van der Waals surface area contributed by atoms with Gasteiger partial charge in [0.2, 0.25) is 0 Å². The molecule has 0 radical (unpaired) electrons.